The van der Waals surface area contributed by atoms with E-state index in [0.29, 0.717) is 6.10 Å². The Morgan fingerprint density at radius 2 is 2.12 bits per heavy atom. The lowest BCUT2D eigenvalue weighted by Crippen LogP contribution is -2.48. The molecule has 0 unspecified atom stereocenters. The van der Waals surface area contributed by atoms with E-state index in [4.69, 9.17) is 4.74 Å². The van der Waals surface area contributed by atoms with Gasteiger partial charge < -0.3 is 10.1 Å². The molecule has 2 rings (SSSR count). The summed E-state index contributed by atoms with van der Waals surface area (Å²) in [5, 5.41) is 3.63. The van der Waals surface area contributed by atoms with Crippen LogP contribution in [-0.4, -0.2) is 24.8 Å². The van der Waals surface area contributed by atoms with Crippen molar-refractivity contribution in [1.29, 1.82) is 0 Å². The monoisotopic (exact) mass is 219 g/mol. The van der Waals surface area contributed by atoms with Gasteiger partial charge in [0.15, 0.2) is 0 Å². The molecule has 1 aliphatic heterocycles. The van der Waals surface area contributed by atoms with Crippen LogP contribution in [0.4, 0.5) is 0 Å². The van der Waals surface area contributed by atoms with Crippen LogP contribution in [0.5, 0.6) is 0 Å². The lowest BCUT2D eigenvalue weighted by Gasteiger charge is -2.29. The minimum absolute atomic E-state index is 0.161. The maximum atomic E-state index is 5.61. The lowest BCUT2D eigenvalue weighted by molar-refractivity contribution is 0.0890. The van der Waals surface area contributed by atoms with Crippen molar-refractivity contribution in [1.82, 2.24) is 5.32 Å². The first-order valence-corrected chi connectivity index (χ1v) is 6.11. The van der Waals surface area contributed by atoms with Crippen LogP contribution in [0, 0.1) is 0 Å². The number of benzene rings is 1. The van der Waals surface area contributed by atoms with Gasteiger partial charge in [-0.1, -0.05) is 30.3 Å². The number of nitrogens with one attached hydrogen (secondary N) is 1. The molecule has 0 aromatic heterocycles. The third kappa shape index (κ3) is 2.63. The standard InChI is InChI=1S/C14H21NO/c1-12-14(2,9-11-16-12)15-10-8-13-6-4-3-5-7-13/h3-7,12,15H,8-11H2,1-2H3/t12-,14-/m0/s1. The smallest absolute Gasteiger partial charge is 0.0726 e. The average molecular weight is 219 g/mol. The average Bonchev–Trinajstić information content (AvgIpc) is 2.61. The van der Waals surface area contributed by atoms with E-state index in [1.54, 1.807) is 0 Å². The van der Waals surface area contributed by atoms with Gasteiger partial charge in [0, 0.05) is 12.1 Å². The van der Waals surface area contributed by atoms with Crippen LogP contribution < -0.4 is 5.32 Å². The summed E-state index contributed by atoms with van der Waals surface area (Å²) in [6.07, 6.45) is 2.52. The molecule has 1 aromatic rings. The molecule has 2 heteroatoms. The second-order valence-electron chi connectivity index (χ2n) is 4.84. The van der Waals surface area contributed by atoms with Gasteiger partial charge in [0.05, 0.1) is 6.10 Å². The normalized spacial score (nSPS) is 29.5. The van der Waals surface area contributed by atoms with Crippen molar-refractivity contribution in [2.45, 2.75) is 38.3 Å². The van der Waals surface area contributed by atoms with Gasteiger partial charge in [0.2, 0.25) is 0 Å². The van der Waals surface area contributed by atoms with E-state index in [9.17, 15) is 0 Å². The number of hydrogen-bond acceptors (Lipinski definition) is 2. The fraction of sp³-hybridized carbons (Fsp3) is 0.571. The van der Waals surface area contributed by atoms with Crippen LogP contribution in [0.15, 0.2) is 30.3 Å². The first-order chi connectivity index (χ1) is 7.71. The highest BCUT2D eigenvalue weighted by Gasteiger charge is 2.35. The summed E-state index contributed by atoms with van der Waals surface area (Å²) >= 11 is 0. The van der Waals surface area contributed by atoms with Crippen molar-refractivity contribution in [3.8, 4) is 0 Å². The topological polar surface area (TPSA) is 21.3 Å². The molecule has 1 aliphatic rings. The third-order valence-corrected chi connectivity index (χ3v) is 3.67. The Kier molecular flexibility index (Phi) is 3.62. The SMILES string of the molecule is C[C@@H]1OCC[C@]1(C)NCCc1ccccc1. The molecule has 2 atom stereocenters. The molecule has 0 spiro atoms. The fourth-order valence-electron chi connectivity index (χ4n) is 2.20. The molecule has 0 amide bonds. The van der Waals surface area contributed by atoms with Crippen molar-refractivity contribution < 1.29 is 4.74 Å². The molecule has 1 fully saturated rings. The molecule has 0 radical (unpaired) electrons. The highest BCUT2D eigenvalue weighted by molar-refractivity contribution is 5.15. The Labute approximate surface area is 98.0 Å². The zero-order valence-corrected chi connectivity index (χ0v) is 10.2. The first-order valence-electron chi connectivity index (χ1n) is 6.11. The Bertz CT molecular complexity index is 325. The molecule has 0 saturated carbocycles. The van der Waals surface area contributed by atoms with Crippen molar-refractivity contribution in [3.05, 3.63) is 35.9 Å². The summed E-state index contributed by atoms with van der Waals surface area (Å²) in [4.78, 5) is 0. The van der Waals surface area contributed by atoms with Crippen molar-refractivity contribution in [2.75, 3.05) is 13.2 Å². The molecular formula is C14H21NO. The predicted octanol–water partition coefficient (Wildman–Crippen LogP) is 2.39. The quantitative estimate of drug-likeness (QED) is 0.839. The summed E-state index contributed by atoms with van der Waals surface area (Å²) in [5.74, 6) is 0. The van der Waals surface area contributed by atoms with Gasteiger partial charge >= 0.3 is 0 Å². The van der Waals surface area contributed by atoms with E-state index < -0.39 is 0 Å². The summed E-state index contributed by atoms with van der Waals surface area (Å²) in [6, 6.07) is 10.6. The van der Waals surface area contributed by atoms with Crippen LogP contribution in [0.1, 0.15) is 25.8 Å². The van der Waals surface area contributed by atoms with Gasteiger partial charge in [-0.2, -0.15) is 0 Å². The summed E-state index contributed by atoms with van der Waals surface area (Å²) in [6.45, 7) is 6.32. The maximum Gasteiger partial charge on any atom is 0.0726 e. The number of ether oxygens (including phenoxy) is 1. The van der Waals surface area contributed by atoms with E-state index in [1.807, 2.05) is 0 Å². The summed E-state index contributed by atoms with van der Waals surface area (Å²) in [5.41, 5.74) is 1.56. The van der Waals surface area contributed by atoms with Crippen LogP contribution >= 0.6 is 0 Å². The fourth-order valence-corrected chi connectivity index (χ4v) is 2.20. The van der Waals surface area contributed by atoms with Gasteiger partial charge in [-0.05, 0) is 38.8 Å². The molecule has 88 valence electrons. The second-order valence-corrected chi connectivity index (χ2v) is 4.84. The summed E-state index contributed by atoms with van der Waals surface area (Å²) in [7, 11) is 0. The van der Waals surface area contributed by atoms with Crippen LogP contribution in [0.25, 0.3) is 0 Å². The van der Waals surface area contributed by atoms with E-state index in [-0.39, 0.29) is 5.54 Å². The van der Waals surface area contributed by atoms with E-state index in [1.165, 1.54) is 5.56 Å². The third-order valence-electron chi connectivity index (χ3n) is 3.67. The molecule has 16 heavy (non-hydrogen) atoms. The van der Waals surface area contributed by atoms with Crippen LogP contribution in [-0.2, 0) is 11.2 Å². The molecule has 1 N–H and O–H groups in total. The van der Waals surface area contributed by atoms with Gasteiger partial charge in [-0.3, -0.25) is 0 Å². The molecular weight excluding hydrogens is 198 g/mol. The van der Waals surface area contributed by atoms with Gasteiger partial charge in [0.1, 0.15) is 0 Å². The number of hydrogen-bond donors (Lipinski definition) is 1. The van der Waals surface area contributed by atoms with Crippen LogP contribution in [0.3, 0.4) is 0 Å². The Hall–Kier alpha value is -0.860. The molecule has 2 nitrogen and oxygen atoms in total. The highest BCUT2D eigenvalue weighted by Crippen LogP contribution is 2.24. The minimum atomic E-state index is 0.161. The summed E-state index contributed by atoms with van der Waals surface area (Å²) < 4.78 is 5.61. The molecule has 0 bridgehead atoms. The number of rotatable bonds is 4. The Morgan fingerprint density at radius 3 is 2.75 bits per heavy atom. The molecule has 1 heterocycles. The zero-order chi connectivity index (χ0) is 11.4. The van der Waals surface area contributed by atoms with Crippen molar-refractivity contribution >= 4 is 0 Å². The van der Waals surface area contributed by atoms with Crippen molar-refractivity contribution in [3.63, 3.8) is 0 Å². The Morgan fingerprint density at radius 1 is 1.38 bits per heavy atom. The maximum absolute atomic E-state index is 5.61. The van der Waals surface area contributed by atoms with Crippen LogP contribution in [0.2, 0.25) is 0 Å². The predicted molar refractivity (Wildman–Crippen MR) is 66.6 cm³/mol. The molecule has 1 aromatic carbocycles. The first kappa shape index (κ1) is 11.6. The molecule has 1 saturated heterocycles. The van der Waals surface area contributed by atoms with Crippen molar-refractivity contribution in [2.24, 2.45) is 0 Å². The van der Waals surface area contributed by atoms with E-state index in [2.05, 4.69) is 49.5 Å². The van der Waals surface area contributed by atoms with Gasteiger partial charge in [0.25, 0.3) is 0 Å². The van der Waals surface area contributed by atoms with E-state index in [0.717, 1.165) is 26.0 Å². The lowest BCUT2D eigenvalue weighted by atomic mass is 9.94. The highest BCUT2D eigenvalue weighted by atomic mass is 16.5. The largest absolute Gasteiger partial charge is 0.377 e. The minimum Gasteiger partial charge on any atom is -0.377 e. The van der Waals surface area contributed by atoms with E-state index >= 15 is 0 Å². The Balaban J connectivity index is 1.80. The van der Waals surface area contributed by atoms with Gasteiger partial charge in [-0.25, -0.2) is 0 Å². The molecule has 0 aliphatic carbocycles. The second kappa shape index (κ2) is 4.98. The zero-order valence-electron chi connectivity index (χ0n) is 10.2. The van der Waals surface area contributed by atoms with Gasteiger partial charge in [-0.15, -0.1) is 0 Å².